The van der Waals surface area contributed by atoms with Crippen LogP contribution in [0, 0.1) is 5.92 Å². The molecule has 0 heterocycles. The lowest BCUT2D eigenvalue weighted by Gasteiger charge is -2.19. The molecule has 1 aromatic rings. The van der Waals surface area contributed by atoms with Crippen molar-refractivity contribution in [2.45, 2.75) is 26.3 Å². The molecular weight excluding hydrogens is 226 g/mol. The van der Waals surface area contributed by atoms with Gasteiger partial charge in [0, 0.05) is 18.3 Å². The first-order valence-electron chi connectivity index (χ1n) is 6.40. The number of para-hydroxylation sites is 1. The number of benzene rings is 1. The van der Waals surface area contributed by atoms with Crippen molar-refractivity contribution in [1.82, 2.24) is 5.32 Å². The third-order valence-corrected chi connectivity index (χ3v) is 2.63. The molecule has 4 nitrogen and oxygen atoms in total. The zero-order valence-electron chi connectivity index (χ0n) is 11.1. The van der Waals surface area contributed by atoms with E-state index in [0.29, 0.717) is 12.5 Å². The fraction of sp³-hybridized carbons (Fsp3) is 0.500. The Labute approximate surface area is 109 Å². The summed E-state index contributed by atoms with van der Waals surface area (Å²) >= 11 is 0. The number of nitrogens with one attached hydrogen (secondary N) is 2. The smallest absolute Gasteiger partial charge is 0.239 e. The van der Waals surface area contributed by atoms with E-state index in [0.717, 1.165) is 12.1 Å². The molecule has 0 saturated carbocycles. The third kappa shape index (κ3) is 5.68. The molecule has 0 aromatic heterocycles. The van der Waals surface area contributed by atoms with E-state index in [1.807, 2.05) is 30.3 Å². The second-order valence-electron chi connectivity index (χ2n) is 4.85. The van der Waals surface area contributed by atoms with Crippen molar-refractivity contribution in [2.24, 2.45) is 11.7 Å². The van der Waals surface area contributed by atoms with Crippen molar-refractivity contribution in [3.8, 4) is 0 Å². The lowest BCUT2D eigenvalue weighted by Crippen LogP contribution is -2.43. The summed E-state index contributed by atoms with van der Waals surface area (Å²) < 4.78 is 0. The summed E-state index contributed by atoms with van der Waals surface area (Å²) in [6.07, 6.45) is 0.910. The Morgan fingerprint density at radius 1 is 1.28 bits per heavy atom. The van der Waals surface area contributed by atoms with Crippen LogP contribution in [0.3, 0.4) is 0 Å². The molecule has 4 heteroatoms. The van der Waals surface area contributed by atoms with Crippen molar-refractivity contribution < 1.29 is 4.79 Å². The molecule has 18 heavy (non-hydrogen) atoms. The summed E-state index contributed by atoms with van der Waals surface area (Å²) in [4.78, 5) is 11.7. The topological polar surface area (TPSA) is 67.1 Å². The summed E-state index contributed by atoms with van der Waals surface area (Å²) in [5.41, 5.74) is 6.59. The first kappa shape index (κ1) is 14.5. The molecule has 4 N–H and O–H groups in total. The SMILES string of the molecule is CC(C)CC(CN)NC(=O)CNc1ccccc1. The minimum atomic E-state index is -0.0186. The molecule has 1 rings (SSSR count). The number of hydrogen-bond acceptors (Lipinski definition) is 3. The van der Waals surface area contributed by atoms with Gasteiger partial charge in [0.2, 0.25) is 5.91 Å². The quantitative estimate of drug-likeness (QED) is 0.687. The van der Waals surface area contributed by atoms with E-state index in [4.69, 9.17) is 5.73 Å². The zero-order chi connectivity index (χ0) is 13.4. The molecular formula is C14H23N3O. The van der Waals surface area contributed by atoms with Gasteiger partial charge < -0.3 is 16.4 Å². The molecule has 0 radical (unpaired) electrons. The fourth-order valence-corrected chi connectivity index (χ4v) is 1.80. The highest BCUT2D eigenvalue weighted by Gasteiger charge is 2.11. The van der Waals surface area contributed by atoms with Crippen molar-refractivity contribution in [3.63, 3.8) is 0 Å². The van der Waals surface area contributed by atoms with E-state index in [-0.39, 0.29) is 18.5 Å². The van der Waals surface area contributed by atoms with Crippen LogP contribution in [0.15, 0.2) is 30.3 Å². The van der Waals surface area contributed by atoms with Crippen LogP contribution in [0.25, 0.3) is 0 Å². The van der Waals surface area contributed by atoms with Gasteiger partial charge in [0.05, 0.1) is 6.54 Å². The zero-order valence-corrected chi connectivity index (χ0v) is 11.1. The van der Waals surface area contributed by atoms with Gasteiger partial charge >= 0.3 is 0 Å². The van der Waals surface area contributed by atoms with Gasteiger partial charge in [0.1, 0.15) is 0 Å². The maximum atomic E-state index is 11.7. The highest BCUT2D eigenvalue weighted by molar-refractivity contribution is 5.80. The Bertz CT molecular complexity index is 351. The highest BCUT2D eigenvalue weighted by Crippen LogP contribution is 2.05. The van der Waals surface area contributed by atoms with Gasteiger partial charge in [-0.25, -0.2) is 0 Å². The van der Waals surface area contributed by atoms with Gasteiger partial charge in [0.15, 0.2) is 0 Å². The molecule has 0 aliphatic heterocycles. The monoisotopic (exact) mass is 249 g/mol. The van der Waals surface area contributed by atoms with Gasteiger partial charge in [0.25, 0.3) is 0 Å². The Kier molecular flexibility index (Phi) is 6.22. The van der Waals surface area contributed by atoms with Crippen molar-refractivity contribution in [2.75, 3.05) is 18.4 Å². The van der Waals surface area contributed by atoms with Gasteiger partial charge in [-0.15, -0.1) is 0 Å². The van der Waals surface area contributed by atoms with Crippen LogP contribution in [-0.4, -0.2) is 25.0 Å². The molecule has 0 spiro atoms. The van der Waals surface area contributed by atoms with Crippen LogP contribution in [0.4, 0.5) is 5.69 Å². The Hall–Kier alpha value is -1.55. The van der Waals surface area contributed by atoms with E-state index >= 15 is 0 Å². The first-order chi connectivity index (χ1) is 8.61. The van der Waals surface area contributed by atoms with Crippen molar-refractivity contribution in [3.05, 3.63) is 30.3 Å². The van der Waals surface area contributed by atoms with Crippen LogP contribution < -0.4 is 16.4 Å². The van der Waals surface area contributed by atoms with Crippen LogP contribution in [0.5, 0.6) is 0 Å². The number of anilines is 1. The molecule has 1 aromatic carbocycles. The maximum absolute atomic E-state index is 11.7. The van der Waals surface area contributed by atoms with E-state index < -0.39 is 0 Å². The Morgan fingerprint density at radius 2 is 1.94 bits per heavy atom. The Morgan fingerprint density at radius 3 is 2.50 bits per heavy atom. The summed E-state index contributed by atoms with van der Waals surface area (Å²) in [7, 11) is 0. The Balaban J connectivity index is 2.32. The molecule has 0 bridgehead atoms. The summed E-state index contributed by atoms with van der Waals surface area (Å²) in [6.45, 7) is 5.00. The minimum Gasteiger partial charge on any atom is -0.376 e. The summed E-state index contributed by atoms with van der Waals surface area (Å²) in [5, 5.41) is 6.02. The van der Waals surface area contributed by atoms with E-state index in [2.05, 4.69) is 24.5 Å². The number of rotatable bonds is 7. The van der Waals surface area contributed by atoms with E-state index in [1.165, 1.54) is 0 Å². The van der Waals surface area contributed by atoms with Gasteiger partial charge in [-0.1, -0.05) is 32.0 Å². The highest BCUT2D eigenvalue weighted by atomic mass is 16.1. The average molecular weight is 249 g/mol. The average Bonchev–Trinajstić information content (AvgIpc) is 2.36. The number of nitrogens with two attached hydrogens (primary N) is 1. The normalized spacial score (nSPS) is 12.2. The summed E-state index contributed by atoms with van der Waals surface area (Å²) in [6, 6.07) is 9.74. The van der Waals surface area contributed by atoms with Crippen LogP contribution in [0.1, 0.15) is 20.3 Å². The number of carbonyl (C=O) groups excluding carboxylic acids is 1. The van der Waals surface area contributed by atoms with Crippen LogP contribution >= 0.6 is 0 Å². The van der Waals surface area contributed by atoms with Crippen LogP contribution in [0.2, 0.25) is 0 Å². The molecule has 1 unspecified atom stereocenters. The number of amides is 1. The van der Waals surface area contributed by atoms with E-state index in [1.54, 1.807) is 0 Å². The molecule has 0 aliphatic rings. The first-order valence-corrected chi connectivity index (χ1v) is 6.40. The summed E-state index contributed by atoms with van der Waals surface area (Å²) in [5.74, 6) is 0.510. The molecule has 100 valence electrons. The van der Waals surface area contributed by atoms with Crippen LogP contribution in [-0.2, 0) is 4.79 Å². The lowest BCUT2D eigenvalue weighted by molar-refractivity contribution is -0.120. The van der Waals surface area contributed by atoms with Crippen molar-refractivity contribution in [1.29, 1.82) is 0 Å². The van der Waals surface area contributed by atoms with Gasteiger partial charge in [-0.3, -0.25) is 4.79 Å². The van der Waals surface area contributed by atoms with Gasteiger partial charge in [-0.2, -0.15) is 0 Å². The number of hydrogen-bond donors (Lipinski definition) is 3. The molecule has 0 aliphatic carbocycles. The lowest BCUT2D eigenvalue weighted by atomic mass is 10.0. The second-order valence-corrected chi connectivity index (χ2v) is 4.85. The largest absolute Gasteiger partial charge is 0.376 e. The van der Waals surface area contributed by atoms with Gasteiger partial charge in [-0.05, 0) is 24.5 Å². The van der Waals surface area contributed by atoms with Crippen molar-refractivity contribution >= 4 is 11.6 Å². The third-order valence-electron chi connectivity index (χ3n) is 2.63. The number of carbonyl (C=O) groups is 1. The minimum absolute atomic E-state index is 0.0186. The standard InChI is InChI=1S/C14H23N3O/c1-11(2)8-13(9-15)17-14(18)10-16-12-6-4-3-5-7-12/h3-7,11,13,16H,8-10,15H2,1-2H3,(H,17,18). The second kappa shape index (κ2) is 7.71. The predicted molar refractivity (Wildman–Crippen MR) is 75.4 cm³/mol. The molecule has 0 fully saturated rings. The predicted octanol–water partition coefficient (Wildman–Crippen LogP) is 1.59. The molecule has 0 saturated heterocycles. The molecule has 1 atom stereocenters. The molecule has 1 amide bonds. The fourth-order valence-electron chi connectivity index (χ4n) is 1.80. The maximum Gasteiger partial charge on any atom is 0.239 e. The van der Waals surface area contributed by atoms with E-state index in [9.17, 15) is 4.79 Å².